The molecule has 1 N–H and O–H groups in total. The maximum absolute atomic E-state index is 12.6. The zero-order chi connectivity index (χ0) is 17.2. The number of benzene rings is 1. The van der Waals surface area contributed by atoms with Gasteiger partial charge in [0, 0.05) is 18.8 Å². The van der Waals surface area contributed by atoms with Crippen LogP contribution in [0.5, 0.6) is 5.88 Å². The Hall–Kier alpha value is -2.56. The Labute approximate surface area is 148 Å². The molecular weight excluding hydrogens is 314 g/mol. The molecule has 2 aliphatic rings. The number of ether oxygens (including phenoxy) is 1. The predicted molar refractivity (Wildman–Crippen MR) is 96.7 cm³/mol. The third kappa shape index (κ3) is 3.92. The molecule has 1 aromatic heterocycles. The number of nitrogens with zero attached hydrogens (tertiary/aromatic N) is 2. The second kappa shape index (κ2) is 6.75. The van der Waals surface area contributed by atoms with Crippen LogP contribution in [-0.2, 0) is 0 Å². The van der Waals surface area contributed by atoms with Crippen LogP contribution in [0.2, 0.25) is 0 Å². The molecule has 1 aromatic carbocycles. The number of pyridine rings is 1. The van der Waals surface area contributed by atoms with E-state index < -0.39 is 0 Å². The molecule has 0 spiro atoms. The lowest BCUT2D eigenvalue weighted by molar-refractivity contribution is 0.0951. The Morgan fingerprint density at radius 1 is 1.24 bits per heavy atom. The van der Waals surface area contributed by atoms with E-state index in [0.29, 0.717) is 23.3 Å². The molecule has 0 atom stereocenters. The van der Waals surface area contributed by atoms with Gasteiger partial charge in [0.25, 0.3) is 5.91 Å². The highest BCUT2D eigenvalue weighted by Crippen LogP contribution is 2.44. The van der Waals surface area contributed by atoms with Gasteiger partial charge in [-0.05, 0) is 55.7 Å². The van der Waals surface area contributed by atoms with Gasteiger partial charge in [-0.3, -0.25) is 15.2 Å². The Morgan fingerprint density at radius 3 is 2.68 bits per heavy atom. The van der Waals surface area contributed by atoms with Crippen molar-refractivity contribution in [1.82, 2.24) is 10.4 Å². The van der Waals surface area contributed by atoms with Gasteiger partial charge in [0.05, 0.1) is 17.9 Å². The molecule has 0 unspecified atom stereocenters. The van der Waals surface area contributed by atoms with Crippen molar-refractivity contribution < 1.29 is 9.53 Å². The van der Waals surface area contributed by atoms with Crippen LogP contribution < -0.4 is 15.2 Å². The molecule has 0 radical (unpaired) electrons. The Kier molecular flexibility index (Phi) is 4.30. The maximum Gasteiger partial charge on any atom is 0.271 e. The fourth-order valence-electron chi connectivity index (χ4n) is 2.82. The summed E-state index contributed by atoms with van der Waals surface area (Å²) >= 11 is 0. The molecule has 4 rings (SSSR count). The summed E-state index contributed by atoms with van der Waals surface area (Å²) in [6.07, 6.45) is 6.42. The van der Waals surface area contributed by atoms with Gasteiger partial charge in [0.1, 0.15) is 0 Å². The van der Waals surface area contributed by atoms with Gasteiger partial charge in [-0.1, -0.05) is 18.2 Å². The van der Waals surface area contributed by atoms with Crippen LogP contribution in [0, 0.1) is 5.92 Å². The van der Waals surface area contributed by atoms with Crippen molar-refractivity contribution >= 4 is 11.6 Å². The van der Waals surface area contributed by atoms with Gasteiger partial charge in [0.15, 0.2) is 0 Å². The number of para-hydroxylation sites is 1. The van der Waals surface area contributed by atoms with Crippen molar-refractivity contribution in [2.24, 2.45) is 5.92 Å². The summed E-state index contributed by atoms with van der Waals surface area (Å²) < 4.78 is 5.89. The van der Waals surface area contributed by atoms with Crippen molar-refractivity contribution in [1.29, 1.82) is 0 Å². The first kappa shape index (κ1) is 15.9. The van der Waals surface area contributed by atoms with Crippen LogP contribution in [0.1, 0.15) is 47.5 Å². The molecule has 1 heterocycles. The van der Waals surface area contributed by atoms with E-state index >= 15 is 0 Å². The molecule has 2 saturated carbocycles. The van der Waals surface area contributed by atoms with Crippen LogP contribution in [0.3, 0.4) is 0 Å². The van der Waals surface area contributed by atoms with Crippen molar-refractivity contribution in [3.63, 3.8) is 0 Å². The number of rotatable bonds is 7. The quantitative estimate of drug-likeness (QED) is 0.785. The summed E-state index contributed by atoms with van der Waals surface area (Å²) in [7, 11) is 1.83. The van der Waals surface area contributed by atoms with E-state index in [1.807, 2.05) is 43.4 Å². The molecule has 0 bridgehead atoms. The zero-order valence-corrected chi connectivity index (χ0v) is 14.4. The Bertz CT molecular complexity index is 755. The number of carbonyl (C=O) groups is 1. The van der Waals surface area contributed by atoms with Gasteiger partial charge in [-0.2, -0.15) is 0 Å². The molecule has 2 aromatic rings. The fraction of sp³-hybridized carbons (Fsp3) is 0.400. The molecule has 2 fully saturated rings. The first-order valence-corrected chi connectivity index (χ1v) is 8.93. The van der Waals surface area contributed by atoms with E-state index in [2.05, 4.69) is 10.4 Å². The first-order valence-electron chi connectivity index (χ1n) is 8.93. The number of hydrazine groups is 1. The Balaban J connectivity index is 1.47. The number of anilines is 1. The summed E-state index contributed by atoms with van der Waals surface area (Å²) in [6.45, 7) is 0.745. The fourth-order valence-corrected chi connectivity index (χ4v) is 2.82. The lowest BCUT2D eigenvalue weighted by Crippen LogP contribution is -2.39. The van der Waals surface area contributed by atoms with E-state index in [0.717, 1.165) is 30.7 Å². The number of amides is 1. The summed E-state index contributed by atoms with van der Waals surface area (Å²) in [5.41, 5.74) is 5.47. The van der Waals surface area contributed by atoms with E-state index in [-0.39, 0.29) is 5.91 Å². The van der Waals surface area contributed by atoms with Crippen LogP contribution in [-0.4, -0.2) is 24.5 Å². The maximum atomic E-state index is 12.6. The van der Waals surface area contributed by atoms with Gasteiger partial charge in [-0.25, -0.2) is 4.98 Å². The topological polar surface area (TPSA) is 54.5 Å². The second-order valence-corrected chi connectivity index (χ2v) is 6.98. The SMILES string of the molecule is CN(NC(=O)c1cnc(OCC2CC2)c(C2CC2)c1)c1ccccc1. The molecule has 0 aliphatic heterocycles. The lowest BCUT2D eigenvalue weighted by Gasteiger charge is -2.20. The van der Waals surface area contributed by atoms with Crippen molar-refractivity contribution in [3.8, 4) is 5.88 Å². The standard InChI is InChI=1S/C20H23N3O2/c1-23(17-5-3-2-4-6-17)22-19(24)16-11-18(15-9-10-15)20(21-12-16)25-13-14-7-8-14/h2-6,11-12,14-15H,7-10,13H2,1H3,(H,22,24). The van der Waals surface area contributed by atoms with Crippen LogP contribution in [0.15, 0.2) is 42.6 Å². The smallest absolute Gasteiger partial charge is 0.271 e. The van der Waals surface area contributed by atoms with Gasteiger partial charge in [0.2, 0.25) is 5.88 Å². The van der Waals surface area contributed by atoms with E-state index in [4.69, 9.17) is 4.74 Å². The summed E-state index contributed by atoms with van der Waals surface area (Å²) in [6, 6.07) is 11.7. The second-order valence-electron chi connectivity index (χ2n) is 6.98. The van der Waals surface area contributed by atoms with E-state index in [9.17, 15) is 4.79 Å². The van der Waals surface area contributed by atoms with Gasteiger partial charge in [-0.15, -0.1) is 0 Å². The summed E-state index contributed by atoms with van der Waals surface area (Å²) in [5.74, 6) is 1.73. The van der Waals surface area contributed by atoms with Crippen LogP contribution >= 0.6 is 0 Å². The van der Waals surface area contributed by atoms with Crippen molar-refractivity contribution in [3.05, 3.63) is 53.7 Å². The van der Waals surface area contributed by atoms with Crippen LogP contribution in [0.4, 0.5) is 5.69 Å². The minimum absolute atomic E-state index is 0.158. The highest BCUT2D eigenvalue weighted by molar-refractivity contribution is 5.95. The van der Waals surface area contributed by atoms with E-state index in [1.54, 1.807) is 11.2 Å². The minimum atomic E-state index is -0.158. The van der Waals surface area contributed by atoms with Gasteiger partial charge >= 0.3 is 0 Å². The minimum Gasteiger partial charge on any atom is -0.477 e. The predicted octanol–water partition coefficient (Wildman–Crippen LogP) is 3.53. The molecule has 0 saturated heterocycles. The number of hydrogen-bond donors (Lipinski definition) is 1. The molecular formula is C20H23N3O2. The molecule has 1 amide bonds. The molecule has 25 heavy (non-hydrogen) atoms. The number of aromatic nitrogens is 1. The number of hydrogen-bond acceptors (Lipinski definition) is 4. The summed E-state index contributed by atoms with van der Waals surface area (Å²) in [5, 5.41) is 1.72. The molecule has 5 nitrogen and oxygen atoms in total. The zero-order valence-electron chi connectivity index (χ0n) is 14.4. The average molecular weight is 337 g/mol. The number of nitrogens with one attached hydrogen (secondary N) is 1. The summed E-state index contributed by atoms with van der Waals surface area (Å²) in [4.78, 5) is 17.0. The molecule has 5 heteroatoms. The largest absolute Gasteiger partial charge is 0.477 e. The molecule has 2 aliphatic carbocycles. The first-order chi connectivity index (χ1) is 12.2. The third-order valence-electron chi connectivity index (χ3n) is 4.72. The monoisotopic (exact) mass is 337 g/mol. The van der Waals surface area contributed by atoms with Gasteiger partial charge < -0.3 is 4.74 Å². The highest BCUT2D eigenvalue weighted by Gasteiger charge is 2.30. The van der Waals surface area contributed by atoms with Crippen molar-refractivity contribution in [2.45, 2.75) is 31.6 Å². The average Bonchev–Trinajstić information content (AvgIpc) is 3.54. The van der Waals surface area contributed by atoms with Crippen LogP contribution in [0.25, 0.3) is 0 Å². The normalized spacial score (nSPS) is 16.4. The van der Waals surface area contributed by atoms with E-state index in [1.165, 1.54) is 12.8 Å². The highest BCUT2D eigenvalue weighted by atomic mass is 16.5. The Morgan fingerprint density at radius 2 is 2.00 bits per heavy atom. The lowest BCUT2D eigenvalue weighted by atomic mass is 10.1. The molecule has 130 valence electrons. The van der Waals surface area contributed by atoms with Crippen molar-refractivity contribution in [2.75, 3.05) is 18.7 Å². The third-order valence-corrected chi connectivity index (χ3v) is 4.72. The number of carbonyl (C=O) groups excluding carboxylic acids is 1.